The summed E-state index contributed by atoms with van der Waals surface area (Å²) in [6, 6.07) is 6.98. The summed E-state index contributed by atoms with van der Waals surface area (Å²) in [4.78, 5) is 0.751. The summed E-state index contributed by atoms with van der Waals surface area (Å²) < 4.78 is 27.0. The molecular weight excluding hydrogens is 310 g/mol. The summed E-state index contributed by atoms with van der Waals surface area (Å²) in [6.07, 6.45) is -0.634. The molecule has 0 saturated heterocycles. The van der Waals surface area contributed by atoms with Gasteiger partial charge in [-0.3, -0.25) is 0 Å². The van der Waals surface area contributed by atoms with E-state index in [1.165, 1.54) is 23.5 Å². The highest BCUT2D eigenvalue weighted by Crippen LogP contribution is 2.29. The topological polar surface area (TPSA) is 20.2 Å². The molecule has 1 N–H and O–H groups in total. The number of hydrogen-bond acceptors (Lipinski definition) is 2. The third-order valence-electron chi connectivity index (χ3n) is 2.35. The molecule has 1 nitrogen and oxygen atoms in total. The van der Waals surface area contributed by atoms with Crippen LogP contribution in [-0.2, 0) is 6.42 Å². The number of hydrogen-bond donors (Lipinski definition) is 1. The quantitative estimate of drug-likeness (QED) is 0.904. The molecule has 17 heavy (non-hydrogen) atoms. The Morgan fingerprint density at radius 2 is 2.00 bits per heavy atom. The maximum atomic E-state index is 13.4. The van der Waals surface area contributed by atoms with Crippen LogP contribution in [0, 0.1) is 11.6 Å². The molecule has 0 aliphatic heterocycles. The van der Waals surface area contributed by atoms with Crippen LogP contribution >= 0.6 is 27.3 Å². The molecule has 0 bridgehead atoms. The Bertz CT molecular complexity index is 527. The highest BCUT2D eigenvalue weighted by molar-refractivity contribution is 9.11. The lowest BCUT2D eigenvalue weighted by atomic mass is 10.1. The lowest BCUT2D eigenvalue weighted by Crippen LogP contribution is -2.02. The van der Waals surface area contributed by atoms with Gasteiger partial charge in [-0.15, -0.1) is 11.3 Å². The smallest absolute Gasteiger partial charge is 0.129 e. The van der Waals surface area contributed by atoms with Crippen molar-refractivity contribution in [2.24, 2.45) is 0 Å². The standard InChI is InChI=1S/C12H9BrF2OS/c13-12-4-3-11(17-12)10(16)5-7-1-2-8(14)6-9(7)15/h1-4,6,10,16H,5H2. The molecule has 1 aromatic carbocycles. The van der Waals surface area contributed by atoms with Gasteiger partial charge in [0.25, 0.3) is 0 Å². The van der Waals surface area contributed by atoms with Gasteiger partial charge in [-0.25, -0.2) is 8.78 Å². The van der Waals surface area contributed by atoms with Crippen LogP contribution in [0.1, 0.15) is 16.5 Å². The molecule has 2 rings (SSSR count). The molecule has 90 valence electrons. The minimum Gasteiger partial charge on any atom is -0.387 e. The van der Waals surface area contributed by atoms with Crippen molar-refractivity contribution in [3.63, 3.8) is 0 Å². The normalized spacial score (nSPS) is 12.7. The minimum absolute atomic E-state index is 0.138. The lowest BCUT2D eigenvalue weighted by Gasteiger charge is -2.09. The van der Waals surface area contributed by atoms with Gasteiger partial charge in [0.2, 0.25) is 0 Å². The largest absolute Gasteiger partial charge is 0.387 e. The molecule has 1 atom stereocenters. The monoisotopic (exact) mass is 318 g/mol. The first kappa shape index (κ1) is 12.7. The number of thiophene rings is 1. The molecule has 0 fully saturated rings. The summed E-state index contributed by atoms with van der Waals surface area (Å²) in [5.41, 5.74) is 0.309. The van der Waals surface area contributed by atoms with Crippen LogP contribution in [0.4, 0.5) is 8.78 Å². The van der Waals surface area contributed by atoms with Crippen LogP contribution in [0.15, 0.2) is 34.1 Å². The van der Waals surface area contributed by atoms with Crippen LogP contribution in [0.2, 0.25) is 0 Å². The van der Waals surface area contributed by atoms with Gasteiger partial charge in [-0.2, -0.15) is 0 Å². The van der Waals surface area contributed by atoms with Crippen LogP contribution in [0.5, 0.6) is 0 Å². The van der Waals surface area contributed by atoms with E-state index in [-0.39, 0.29) is 6.42 Å². The average molecular weight is 319 g/mol. The zero-order valence-corrected chi connectivity index (χ0v) is 11.1. The van der Waals surface area contributed by atoms with Gasteiger partial charge in [0.15, 0.2) is 0 Å². The van der Waals surface area contributed by atoms with E-state index < -0.39 is 17.7 Å². The molecule has 0 aliphatic carbocycles. The van der Waals surface area contributed by atoms with E-state index in [0.29, 0.717) is 5.56 Å². The molecule has 0 saturated carbocycles. The van der Waals surface area contributed by atoms with E-state index in [9.17, 15) is 13.9 Å². The van der Waals surface area contributed by atoms with Crippen LogP contribution in [-0.4, -0.2) is 5.11 Å². The zero-order valence-electron chi connectivity index (χ0n) is 8.66. The molecule has 1 aromatic heterocycles. The summed E-state index contributed by atoms with van der Waals surface area (Å²) in [5, 5.41) is 9.91. The molecule has 5 heteroatoms. The second-order valence-electron chi connectivity index (χ2n) is 3.60. The first-order chi connectivity index (χ1) is 8.06. The van der Waals surface area contributed by atoms with E-state index in [1.807, 2.05) is 6.07 Å². The van der Waals surface area contributed by atoms with Crippen molar-refractivity contribution in [1.82, 2.24) is 0 Å². The van der Waals surface area contributed by atoms with Crippen molar-refractivity contribution in [2.75, 3.05) is 0 Å². The first-order valence-electron chi connectivity index (χ1n) is 4.93. The second kappa shape index (κ2) is 5.25. The highest BCUT2D eigenvalue weighted by atomic mass is 79.9. The van der Waals surface area contributed by atoms with Gasteiger partial charge >= 0.3 is 0 Å². The third-order valence-corrected chi connectivity index (χ3v) is 4.08. The Morgan fingerprint density at radius 1 is 1.24 bits per heavy atom. The van der Waals surface area contributed by atoms with Gasteiger partial charge in [0.1, 0.15) is 11.6 Å². The van der Waals surface area contributed by atoms with Crippen LogP contribution < -0.4 is 0 Å². The van der Waals surface area contributed by atoms with E-state index in [1.54, 1.807) is 6.07 Å². The molecule has 1 unspecified atom stereocenters. The summed E-state index contributed by atoms with van der Waals surface area (Å²) in [6.45, 7) is 0. The summed E-state index contributed by atoms with van der Waals surface area (Å²) in [5.74, 6) is -1.24. The van der Waals surface area contributed by atoms with Crippen molar-refractivity contribution in [3.8, 4) is 0 Å². The summed E-state index contributed by atoms with van der Waals surface area (Å²) >= 11 is 4.69. The summed E-state index contributed by atoms with van der Waals surface area (Å²) in [7, 11) is 0. The molecule has 2 aromatic rings. The van der Waals surface area contributed by atoms with E-state index in [2.05, 4.69) is 15.9 Å². The maximum Gasteiger partial charge on any atom is 0.129 e. The fourth-order valence-corrected chi connectivity index (χ4v) is 2.91. The second-order valence-corrected chi connectivity index (χ2v) is 6.09. The number of benzene rings is 1. The van der Waals surface area contributed by atoms with Crippen LogP contribution in [0.25, 0.3) is 0 Å². The van der Waals surface area contributed by atoms with Crippen molar-refractivity contribution in [2.45, 2.75) is 12.5 Å². The number of aliphatic hydroxyl groups excluding tert-OH is 1. The molecule has 1 heterocycles. The molecule has 0 spiro atoms. The predicted octanol–water partition coefficient (Wildman–Crippen LogP) is 4.06. The van der Waals surface area contributed by atoms with Crippen LogP contribution in [0.3, 0.4) is 0 Å². The molecule has 0 aliphatic rings. The first-order valence-corrected chi connectivity index (χ1v) is 6.54. The van der Waals surface area contributed by atoms with Gasteiger partial charge in [-0.1, -0.05) is 6.07 Å². The van der Waals surface area contributed by atoms with Gasteiger partial charge in [0.05, 0.1) is 9.89 Å². The Labute approximate surface area is 110 Å². The Morgan fingerprint density at radius 3 is 2.59 bits per heavy atom. The van der Waals surface area contributed by atoms with Gasteiger partial charge < -0.3 is 5.11 Å². The predicted molar refractivity (Wildman–Crippen MR) is 67.0 cm³/mol. The van der Waals surface area contributed by atoms with E-state index >= 15 is 0 Å². The molecular formula is C12H9BrF2OS. The SMILES string of the molecule is OC(Cc1ccc(F)cc1F)c1ccc(Br)s1. The van der Waals surface area contributed by atoms with E-state index in [0.717, 1.165) is 14.7 Å². The Balaban J connectivity index is 2.15. The number of halogens is 3. The minimum atomic E-state index is -0.772. The highest BCUT2D eigenvalue weighted by Gasteiger charge is 2.13. The number of aliphatic hydroxyl groups is 1. The average Bonchev–Trinajstić information content (AvgIpc) is 2.69. The molecule has 0 amide bonds. The van der Waals surface area contributed by atoms with Crippen molar-refractivity contribution >= 4 is 27.3 Å². The molecule has 0 radical (unpaired) electrons. The fraction of sp³-hybridized carbons (Fsp3) is 0.167. The van der Waals surface area contributed by atoms with Crippen molar-refractivity contribution in [3.05, 3.63) is 56.2 Å². The Kier molecular flexibility index (Phi) is 3.91. The number of rotatable bonds is 3. The van der Waals surface area contributed by atoms with Crippen molar-refractivity contribution < 1.29 is 13.9 Å². The Hall–Kier alpha value is -0.780. The maximum absolute atomic E-state index is 13.4. The third kappa shape index (κ3) is 3.12. The van der Waals surface area contributed by atoms with E-state index in [4.69, 9.17) is 0 Å². The lowest BCUT2D eigenvalue weighted by molar-refractivity contribution is 0.181. The van der Waals surface area contributed by atoms with Gasteiger partial charge in [0, 0.05) is 17.4 Å². The van der Waals surface area contributed by atoms with Gasteiger partial charge in [-0.05, 0) is 39.7 Å². The fourth-order valence-electron chi connectivity index (χ4n) is 1.50. The zero-order chi connectivity index (χ0) is 12.4. The van der Waals surface area contributed by atoms with Crippen molar-refractivity contribution in [1.29, 1.82) is 0 Å².